The molecule has 3 heterocycles. The zero-order valence-electron chi connectivity index (χ0n) is 16.7. The van der Waals surface area contributed by atoms with E-state index in [1.165, 1.54) is 11.3 Å². The van der Waals surface area contributed by atoms with Gasteiger partial charge in [0, 0.05) is 6.08 Å². The van der Waals surface area contributed by atoms with Crippen molar-refractivity contribution < 1.29 is 18.7 Å². The van der Waals surface area contributed by atoms with Crippen molar-refractivity contribution in [2.45, 2.75) is 19.9 Å². The van der Waals surface area contributed by atoms with Gasteiger partial charge >= 0.3 is 5.97 Å². The number of benzene rings is 1. The number of hydrogen-bond acceptors (Lipinski definition) is 7. The van der Waals surface area contributed by atoms with Gasteiger partial charge < -0.3 is 13.9 Å². The van der Waals surface area contributed by atoms with E-state index in [2.05, 4.69) is 4.99 Å². The van der Waals surface area contributed by atoms with Crippen molar-refractivity contribution in [2.75, 3.05) is 13.7 Å². The Morgan fingerprint density at radius 2 is 2.07 bits per heavy atom. The largest absolute Gasteiger partial charge is 0.497 e. The van der Waals surface area contributed by atoms with Gasteiger partial charge in [0.25, 0.3) is 5.56 Å². The monoisotopic (exact) mass is 424 g/mol. The van der Waals surface area contributed by atoms with E-state index in [-0.39, 0.29) is 12.2 Å². The number of nitrogens with zero attached hydrogens (tertiary/aromatic N) is 2. The second-order valence-electron chi connectivity index (χ2n) is 6.59. The molecule has 0 N–H and O–H groups in total. The third kappa shape index (κ3) is 3.50. The Morgan fingerprint density at radius 3 is 2.70 bits per heavy atom. The molecule has 0 amide bonds. The minimum Gasteiger partial charge on any atom is -0.497 e. The van der Waals surface area contributed by atoms with E-state index >= 15 is 0 Å². The van der Waals surface area contributed by atoms with Crippen molar-refractivity contribution in [3.63, 3.8) is 0 Å². The molecule has 0 fully saturated rings. The van der Waals surface area contributed by atoms with Crippen molar-refractivity contribution in [1.82, 2.24) is 4.57 Å². The van der Waals surface area contributed by atoms with E-state index in [1.807, 2.05) is 12.1 Å². The fourth-order valence-corrected chi connectivity index (χ4v) is 4.42. The first-order valence-corrected chi connectivity index (χ1v) is 10.2. The van der Waals surface area contributed by atoms with Gasteiger partial charge in [0.1, 0.15) is 11.5 Å². The van der Waals surface area contributed by atoms with Crippen LogP contribution in [0.2, 0.25) is 0 Å². The second kappa shape index (κ2) is 8.16. The Kier molecular flexibility index (Phi) is 5.41. The highest BCUT2D eigenvalue weighted by Gasteiger charge is 2.33. The average Bonchev–Trinajstić information content (AvgIpc) is 3.36. The van der Waals surface area contributed by atoms with Crippen LogP contribution >= 0.6 is 11.3 Å². The lowest BCUT2D eigenvalue weighted by atomic mass is 9.96. The van der Waals surface area contributed by atoms with Gasteiger partial charge in [-0.1, -0.05) is 23.5 Å². The molecular weight excluding hydrogens is 404 g/mol. The minimum absolute atomic E-state index is 0.230. The molecule has 1 aliphatic heterocycles. The molecule has 8 heteroatoms. The number of carbonyl (C=O) groups is 1. The summed E-state index contributed by atoms with van der Waals surface area (Å²) < 4.78 is 17.9. The summed E-state index contributed by atoms with van der Waals surface area (Å²) in [7, 11) is 1.58. The second-order valence-corrected chi connectivity index (χ2v) is 7.60. The molecule has 7 nitrogen and oxygen atoms in total. The summed E-state index contributed by atoms with van der Waals surface area (Å²) in [5.41, 5.74) is 1.39. The SMILES string of the molecule is CCOC(=O)C1=C(C)N=c2s/c(=C\c3ccco3)c(=O)n2[C@H]1c1ccc(OC)cc1. The number of esters is 1. The van der Waals surface area contributed by atoms with Crippen LogP contribution in [0.25, 0.3) is 6.08 Å². The molecule has 0 aliphatic carbocycles. The lowest BCUT2D eigenvalue weighted by Gasteiger charge is -2.24. The summed E-state index contributed by atoms with van der Waals surface area (Å²) in [6.45, 7) is 3.73. The predicted octanol–water partition coefficient (Wildman–Crippen LogP) is 2.40. The van der Waals surface area contributed by atoms with Crippen molar-refractivity contribution in [2.24, 2.45) is 4.99 Å². The van der Waals surface area contributed by atoms with Gasteiger partial charge in [-0.2, -0.15) is 0 Å². The molecule has 1 aromatic carbocycles. The smallest absolute Gasteiger partial charge is 0.338 e. The molecular formula is C22H20N2O5S. The van der Waals surface area contributed by atoms with Crippen LogP contribution in [0.4, 0.5) is 0 Å². The molecule has 0 saturated carbocycles. The summed E-state index contributed by atoms with van der Waals surface area (Å²) >= 11 is 1.25. The van der Waals surface area contributed by atoms with Crippen LogP contribution in [0, 0.1) is 0 Å². The number of carbonyl (C=O) groups excluding carboxylic acids is 1. The number of furan rings is 1. The standard InChI is InChI=1S/C22H20N2O5S/c1-4-28-21(26)18-13(2)23-22-24(19(18)14-7-9-15(27-3)10-8-14)20(25)17(30-22)12-16-6-5-11-29-16/h5-12,19H,4H2,1-3H3/b17-12-/t19-/m0/s1. The average molecular weight is 424 g/mol. The van der Waals surface area contributed by atoms with Gasteiger partial charge in [-0.15, -0.1) is 0 Å². The zero-order valence-corrected chi connectivity index (χ0v) is 17.6. The number of ether oxygens (including phenoxy) is 2. The Bertz CT molecular complexity index is 1280. The highest BCUT2D eigenvalue weighted by molar-refractivity contribution is 7.07. The third-order valence-corrected chi connectivity index (χ3v) is 5.75. The summed E-state index contributed by atoms with van der Waals surface area (Å²) in [4.78, 5) is 31.2. The number of allylic oxidation sites excluding steroid dienone is 1. The highest BCUT2D eigenvalue weighted by atomic mass is 32.1. The number of rotatable bonds is 5. The first-order chi connectivity index (χ1) is 14.5. The molecule has 4 rings (SSSR count). The maximum Gasteiger partial charge on any atom is 0.338 e. The van der Waals surface area contributed by atoms with Gasteiger partial charge in [0.15, 0.2) is 4.80 Å². The summed E-state index contributed by atoms with van der Waals surface area (Å²) in [5.74, 6) is 0.768. The molecule has 0 bridgehead atoms. The molecule has 1 aliphatic rings. The lowest BCUT2D eigenvalue weighted by molar-refractivity contribution is -0.139. The Morgan fingerprint density at radius 1 is 1.30 bits per heavy atom. The van der Waals surface area contributed by atoms with Crippen LogP contribution in [-0.2, 0) is 9.53 Å². The molecule has 1 atom stereocenters. The van der Waals surface area contributed by atoms with Crippen molar-refractivity contribution in [3.8, 4) is 5.75 Å². The van der Waals surface area contributed by atoms with Crippen LogP contribution in [0.3, 0.4) is 0 Å². The molecule has 30 heavy (non-hydrogen) atoms. The normalized spacial score (nSPS) is 16.2. The Labute approximate surface area is 176 Å². The number of thiazole rings is 1. The first kappa shape index (κ1) is 19.9. The van der Waals surface area contributed by atoms with Crippen LogP contribution in [0.1, 0.15) is 31.2 Å². The predicted molar refractivity (Wildman–Crippen MR) is 112 cm³/mol. The molecule has 0 unspecified atom stereocenters. The summed E-state index contributed by atoms with van der Waals surface area (Å²) in [6.07, 6.45) is 3.23. The minimum atomic E-state index is -0.648. The number of hydrogen-bond donors (Lipinski definition) is 0. The van der Waals surface area contributed by atoms with Crippen LogP contribution in [-0.4, -0.2) is 24.3 Å². The molecule has 154 valence electrons. The fraction of sp³-hybridized carbons (Fsp3) is 0.227. The number of aromatic nitrogens is 1. The number of methoxy groups -OCH3 is 1. The van der Waals surface area contributed by atoms with E-state index in [0.29, 0.717) is 32.1 Å². The van der Waals surface area contributed by atoms with E-state index < -0.39 is 12.0 Å². The molecule has 2 aromatic heterocycles. The van der Waals surface area contributed by atoms with Crippen molar-refractivity contribution >= 4 is 23.4 Å². The van der Waals surface area contributed by atoms with Gasteiger partial charge in [-0.05, 0) is 43.7 Å². The summed E-state index contributed by atoms with van der Waals surface area (Å²) in [5, 5.41) is 0. The van der Waals surface area contributed by atoms with Gasteiger partial charge in [-0.3, -0.25) is 9.36 Å². The zero-order chi connectivity index (χ0) is 21.3. The molecule has 0 radical (unpaired) electrons. The van der Waals surface area contributed by atoms with E-state index in [0.717, 1.165) is 5.56 Å². The topological polar surface area (TPSA) is 83.0 Å². The van der Waals surface area contributed by atoms with Crippen molar-refractivity contribution in [1.29, 1.82) is 0 Å². The summed E-state index contributed by atoms with van der Waals surface area (Å²) in [6, 6.07) is 10.2. The van der Waals surface area contributed by atoms with E-state index in [4.69, 9.17) is 13.9 Å². The third-order valence-electron chi connectivity index (χ3n) is 4.77. The number of fused-ring (bicyclic) bond motifs is 1. The van der Waals surface area contributed by atoms with E-state index in [9.17, 15) is 9.59 Å². The molecule has 0 saturated heterocycles. The van der Waals surface area contributed by atoms with Crippen LogP contribution in [0.15, 0.2) is 68.1 Å². The van der Waals surface area contributed by atoms with Gasteiger partial charge in [-0.25, -0.2) is 9.79 Å². The first-order valence-electron chi connectivity index (χ1n) is 9.40. The fourth-order valence-electron chi connectivity index (χ4n) is 3.40. The van der Waals surface area contributed by atoms with E-state index in [1.54, 1.807) is 62.1 Å². The quantitative estimate of drug-likeness (QED) is 0.588. The molecule has 0 spiro atoms. The Balaban J connectivity index is 1.95. The maximum absolute atomic E-state index is 13.3. The van der Waals surface area contributed by atoms with Crippen LogP contribution < -0.4 is 19.6 Å². The Hall–Kier alpha value is -3.39. The van der Waals surface area contributed by atoms with Gasteiger partial charge in [0.2, 0.25) is 0 Å². The maximum atomic E-state index is 13.3. The lowest BCUT2D eigenvalue weighted by Crippen LogP contribution is -2.39. The van der Waals surface area contributed by atoms with Gasteiger partial charge in [0.05, 0.1) is 41.8 Å². The highest BCUT2D eigenvalue weighted by Crippen LogP contribution is 2.31. The van der Waals surface area contributed by atoms with Crippen molar-refractivity contribution in [3.05, 3.63) is 84.9 Å². The molecule has 3 aromatic rings. The van der Waals surface area contributed by atoms with Crippen LogP contribution in [0.5, 0.6) is 5.75 Å².